The van der Waals surface area contributed by atoms with E-state index in [1.165, 1.54) is 5.69 Å². The molecule has 0 bridgehead atoms. The van der Waals surface area contributed by atoms with Crippen molar-refractivity contribution in [1.82, 2.24) is 45.6 Å². The number of ether oxygens (including phenoxy) is 1. The molecule has 65 heavy (non-hydrogen) atoms. The molecule has 338 valence electrons. The zero-order valence-electron chi connectivity index (χ0n) is 37.6. The topological polar surface area (TPSA) is 191 Å². The van der Waals surface area contributed by atoms with E-state index in [2.05, 4.69) is 75.8 Å². The summed E-state index contributed by atoms with van der Waals surface area (Å²) in [5.41, 5.74) is 8.61. The molecule has 7 heterocycles. The van der Waals surface area contributed by atoms with E-state index in [-0.39, 0.29) is 29.3 Å². The molecule has 3 aliphatic heterocycles. The average Bonchev–Trinajstić information content (AvgIpc) is 4.00. The molecule has 3 saturated heterocycles. The first-order valence-corrected chi connectivity index (χ1v) is 22.4. The quantitative estimate of drug-likeness (QED) is 0.121. The van der Waals surface area contributed by atoms with Gasteiger partial charge in [-0.25, -0.2) is 14.8 Å². The first-order chi connectivity index (χ1) is 31.4. The van der Waals surface area contributed by atoms with E-state index >= 15 is 0 Å². The van der Waals surface area contributed by atoms with E-state index in [1.54, 1.807) is 18.3 Å². The number of H-pyrrole nitrogens is 1. The second-order valence-corrected chi connectivity index (χ2v) is 18.3. The van der Waals surface area contributed by atoms with Crippen LogP contribution in [-0.2, 0) is 21.6 Å². The van der Waals surface area contributed by atoms with Gasteiger partial charge in [-0.3, -0.25) is 29.7 Å². The summed E-state index contributed by atoms with van der Waals surface area (Å²) in [4.78, 5) is 67.9. The van der Waals surface area contributed by atoms with Crippen LogP contribution in [0, 0.1) is 5.92 Å². The van der Waals surface area contributed by atoms with Gasteiger partial charge in [-0.2, -0.15) is 4.98 Å². The maximum atomic E-state index is 13.1. The van der Waals surface area contributed by atoms with E-state index in [0.29, 0.717) is 37.0 Å². The summed E-state index contributed by atoms with van der Waals surface area (Å²) in [6.45, 7) is 15.6. The molecule has 1 atom stereocenters. The first-order valence-electron chi connectivity index (χ1n) is 22.4. The lowest BCUT2D eigenvalue weighted by atomic mass is 9.95. The van der Waals surface area contributed by atoms with Gasteiger partial charge in [0.2, 0.25) is 5.91 Å². The van der Waals surface area contributed by atoms with Crippen LogP contribution in [0.25, 0.3) is 33.7 Å². The molecule has 17 nitrogen and oxygen atoms in total. The predicted molar refractivity (Wildman–Crippen MR) is 248 cm³/mol. The highest BCUT2D eigenvalue weighted by molar-refractivity contribution is 6.05. The largest absolute Gasteiger partial charge is 0.380 e. The fraction of sp³-hybridized carbons (Fsp3) is 0.417. The van der Waals surface area contributed by atoms with Gasteiger partial charge in [-0.1, -0.05) is 38.1 Å². The summed E-state index contributed by atoms with van der Waals surface area (Å²) >= 11 is 0. The maximum Gasteiger partial charge on any atom is 0.328 e. The summed E-state index contributed by atoms with van der Waals surface area (Å²) < 4.78 is 10.9. The number of methoxy groups -OCH3 is 1. The van der Waals surface area contributed by atoms with Crippen molar-refractivity contribution >= 4 is 45.9 Å². The summed E-state index contributed by atoms with van der Waals surface area (Å²) in [7, 11) is 1.65. The molecule has 2 aromatic carbocycles. The number of piperazine rings is 1. The van der Waals surface area contributed by atoms with Crippen LogP contribution in [0.3, 0.4) is 0 Å². The van der Waals surface area contributed by atoms with Gasteiger partial charge < -0.3 is 29.4 Å². The zero-order chi connectivity index (χ0) is 45.2. The fourth-order valence-electron chi connectivity index (χ4n) is 9.03. The van der Waals surface area contributed by atoms with E-state index in [1.807, 2.05) is 64.2 Å². The highest BCUT2D eigenvalue weighted by Crippen LogP contribution is 2.33. The maximum absolute atomic E-state index is 13.1. The highest BCUT2D eigenvalue weighted by atomic mass is 16.5. The number of pyridine rings is 1. The van der Waals surface area contributed by atoms with Gasteiger partial charge in [0.1, 0.15) is 12.0 Å². The van der Waals surface area contributed by atoms with Crippen LogP contribution in [0.4, 0.5) is 21.9 Å². The van der Waals surface area contributed by atoms with Crippen LogP contribution in [0.15, 0.2) is 77.7 Å². The van der Waals surface area contributed by atoms with Gasteiger partial charge in [0.05, 0.1) is 41.6 Å². The molecular formula is C48H56N12O5. The van der Waals surface area contributed by atoms with Gasteiger partial charge in [0.25, 0.3) is 0 Å². The fourth-order valence-corrected chi connectivity index (χ4v) is 9.03. The van der Waals surface area contributed by atoms with Gasteiger partial charge in [0.15, 0.2) is 5.82 Å². The van der Waals surface area contributed by atoms with Crippen molar-refractivity contribution in [2.24, 2.45) is 5.92 Å². The van der Waals surface area contributed by atoms with Gasteiger partial charge >= 0.3 is 17.8 Å². The van der Waals surface area contributed by atoms with Gasteiger partial charge in [0, 0.05) is 93.6 Å². The van der Waals surface area contributed by atoms with E-state index < -0.39 is 5.91 Å². The molecule has 4 aromatic heterocycles. The van der Waals surface area contributed by atoms with Crippen molar-refractivity contribution in [2.75, 3.05) is 74.2 Å². The molecule has 6 aromatic rings. The lowest BCUT2D eigenvalue weighted by Crippen LogP contribution is -2.49. The molecule has 3 aliphatic rings. The Balaban J connectivity index is 0.785. The Labute approximate surface area is 378 Å². The molecule has 0 saturated carbocycles. The number of carbonyl (C=O) groups excluding carboxylic acids is 3. The average molecular weight is 881 g/mol. The number of fused-ring (bicyclic) bond motifs is 1. The van der Waals surface area contributed by atoms with Crippen molar-refractivity contribution in [2.45, 2.75) is 65.0 Å². The zero-order valence-corrected chi connectivity index (χ0v) is 37.6. The first kappa shape index (κ1) is 43.5. The normalized spacial score (nSPS) is 17.2. The summed E-state index contributed by atoms with van der Waals surface area (Å²) in [6.07, 6.45) is 6.14. The lowest BCUT2D eigenvalue weighted by molar-refractivity contribution is -0.120. The van der Waals surface area contributed by atoms with Crippen LogP contribution in [0.2, 0.25) is 0 Å². The Kier molecular flexibility index (Phi) is 12.3. The Hall–Kier alpha value is -6.72. The number of imide groups is 1. The van der Waals surface area contributed by atoms with Crippen LogP contribution in [0.1, 0.15) is 80.6 Å². The Morgan fingerprint density at radius 1 is 0.892 bits per heavy atom. The number of carbonyl (C=O) groups is 3. The standard InChI is InChI=1S/C48H56N12O5/c1-30(52-44(62)45-55-46(56-65-45)48(2,3)4)37-12-6-32(24-33(37)28-64-5)42-38-25-40(53-43(38)51-29-50-42)39-13-11-36(26-49-39)59-22-20-57(21-23-59)27-31-14-17-58(18-15-31)34-7-9-35(10-8-34)60-19-16-41(61)54-47(60)63/h6-13,24-26,29-31H,14-23,27-28H2,1-5H3,(H,52,62)(H,50,51,53)(H,54,61,63)/t30-/m1/s1. The van der Waals surface area contributed by atoms with Crippen molar-refractivity contribution < 1.29 is 23.6 Å². The molecule has 17 heteroatoms. The SMILES string of the molecule is COCc1cc(-c2ncnc3[nH]c(-c4ccc(N5CCN(CC6CCN(c7ccc(N8CCC(=O)NC8=O)cc7)CC6)CC5)cn4)cc23)ccc1[C@@H](C)NC(=O)c1nc(C(C)(C)C)no1. The Morgan fingerprint density at radius 2 is 1.63 bits per heavy atom. The molecule has 0 unspecified atom stereocenters. The molecule has 3 N–H and O–H groups in total. The number of hydrogen-bond acceptors (Lipinski definition) is 13. The Bertz CT molecular complexity index is 2660. The molecular weight excluding hydrogens is 825 g/mol. The number of amides is 4. The summed E-state index contributed by atoms with van der Waals surface area (Å²) in [5.74, 6) is 0.397. The number of piperidine rings is 1. The second-order valence-electron chi connectivity index (χ2n) is 18.3. The minimum atomic E-state index is -0.441. The number of anilines is 3. The van der Waals surface area contributed by atoms with Crippen molar-refractivity contribution in [3.63, 3.8) is 0 Å². The number of nitrogens with one attached hydrogen (secondary N) is 3. The number of rotatable bonds is 12. The number of benzene rings is 2. The van der Waals surface area contributed by atoms with Crippen LogP contribution < -0.4 is 25.3 Å². The Morgan fingerprint density at radius 3 is 2.32 bits per heavy atom. The second kappa shape index (κ2) is 18.4. The van der Waals surface area contributed by atoms with Crippen molar-refractivity contribution in [3.05, 3.63) is 96.0 Å². The molecule has 0 aliphatic carbocycles. The molecule has 4 amide bonds. The van der Waals surface area contributed by atoms with Crippen LogP contribution >= 0.6 is 0 Å². The number of urea groups is 1. The summed E-state index contributed by atoms with van der Waals surface area (Å²) in [5, 5.41) is 10.2. The number of hydrogen-bond donors (Lipinski definition) is 3. The minimum Gasteiger partial charge on any atom is -0.380 e. The van der Waals surface area contributed by atoms with E-state index in [0.717, 1.165) is 109 Å². The lowest BCUT2D eigenvalue weighted by Gasteiger charge is -2.40. The molecule has 3 fully saturated rings. The predicted octanol–water partition coefficient (Wildman–Crippen LogP) is 6.49. The molecule has 0 radical (unpaired) electrons. The van der Waals surface area contributed by atoms with Crippen molar-refractivity contribution in [3.8, 4) is 22.6 Å². The number of aromatic amines is 1. The van der Waals surface area contributed by atoms with Gasteiger partial charge in [-0.05, 0) is 85.3 Å². The minimum absolute atomic E-state index is 0.0731. The van der Waals surface area contributed by atoms with E-state index in [4.69, 9.17) is 19.2 Å². The molecule has 9 rings (SSSR count). The van der Waals surface area contributed by atoms with E-state index in [9.17, 15) is 14.4 Å². The number of aromatic nitrogens is 6. The number of nitrogens with zero attached hydrogens (tertiary/aromatic N) is 9. The third-order valence-electron chi connectivity index (χ3n) is 12.7. The monoisotopic (exact) mass is 880 g/mol. The van der Waals surface area contributed by atoms with Crippen LogP contribution in [0.5, 0.6) is 0 Å². The third kappa shape index (κ3) is 9.56. The molecule has 0 spiro atoms. The van der Waals surface area contributed by atoms with Crippen molar-refractivity contribution in [1.29, 1.82) is 0 Å². The highest BCUT2D eigenvalue weighted by Gasteiger charge is 2.28. The third-order valence-corrected chi connectivity index (χ3v) is 12.7. The van der Waals surface area contributed by atoms with Gasteiger partial charge in [-0.15, -0.1) is 0 Å². The van der Waals surface area contributed by atoms with Crippen LogP contribution in [-0.4, -0.2) is 112 Å². The smallest absolute Gasteiger partial charge is 0.328 e. The summed E-state index contributed by atoms with van der Waals surface area (Å²) in [6, 6.07) is 19.7.